The van der Waals surface area contributed by atoms with Crippen LogP contribution in [0.4, 0.5) is 11.4 Å². The first-order valence-corrected chi connectivity index (χ1v) is 10.1. The van der Waals surface area contributed by atoms with E-state index in [0.29, 0.717) is 11.4 Å². The van der Waals surface area contributed by atoms with Crippen LogP contribution >= 0.6 is 11.3 Å². The molecular weight excluding hydrogens is 396 g/mol. The van der Waals surface area contributed by atoms with Crippen molar-refractivity contribution in [2.24, 2.45) is 0 Å². The van der Waals surface area contributed by atoms with Crippen molar-refractivity contribution in [3.05, 3.63) is 79.0 Å². The van der Waals surface area contributed by atoms with Crippen LogP contribution in [-0.2, 0) is 9.59 Å². The molecule has 5 rings (SSSR count). The van der Waals surface area contributed by atoms with E-state index in [2.05, 4.69) is 39.0 Å². The van der Waals surface area contributed by atoms with Crippen LogP contribution in [0, 0.1) is 0 Å². The predicted octanol–water partition coefficient (Wildman–Crippen LogP) is 5.02. The lowest BCUT2D eigenvalue weighted by atomic mass is 10.1. The van der Waals surface area contributed by atoms with Crippen LogP contribution in [0.25, 0.3) is 31.4 Å². The van der Waals surface area contributed by atoms with Gasteiger partial charge in [0.25, 0.3) is 0 Å². The molecular formula is C23H16N4O2S. The summed E-state index contributed by atoms with van der Waals surface area (Å²) >= 11 is 1.66. The fraction of sp³-hybridized carbons (Fsp3) is 0. The van der Waals surface area contributed by atoms with Gasteiger partial charge in [-0.05, 0) is 41.8 Å². The number of thiophene rings is 1. The topological polar surface area (TPSA) is 86.9 Å². The third-order valence-corrected chi connectivity index (χ3v) is 5.88. The number of benzene rings is 3. The molecule has 2 aromatic heterocycles. The number of aromatic nitrogens is 2. The minimum atomic E-state index is -0.732. The van der Waals surface area contributed by atoms with Gasteiger partial charge < -0.3 is 10.6 Å². The fourth-order valence-electron chi connectivity index (χ4n) is 3.34. The Balaban J connectivity index is 1.46. The third kappa shape index (κ3) is 3.42. The molecule has 0 aliphatic rings. The van der Waals surface area contributed by atoms with E-state index in [9.17, 15) is 9.59 Å². The highest BCUT2D eigenvalue weighted by atomic mass is 32.1. The van der Waals surface area contributed by atoms with Crippen molar-refractivity contribution in [2.45, 2.75) is 0 Å². The Labute approximate surface area is 175 Å². The number of carbonyl (C=O) groups is 2. The molecule has 7 heteroatoms. The second-order valence-corrected chi connectivity index (χ2v) is 7.86. The molecule has 0 fully saturated rings. The summed E-state index contributed by atoms with van der Waals surface area (Å²) in [7, 11) is 0. The molecule has 0 spiro atoms. The van der Waals surface area contributed by atoms with E-state index in [4.69, 9.17) is 0 Å². The van der Waals surface area contributed by atoms with Gasteiger partial charge >= 0.3 is 11.8 Å². The molecule has 0 atom stereocenters. The molecule has 30 heavy (non-hydrogen) atoms. The number of carbonyl (C=O) groups excluding carboxylic acids is 2. The highest BCUT2D eigenvalue weighted by Crippen LogP contribution is 2.38. The Bertz CT molecular complexity index is 1360. The molecule has 2 amide bonds. The van der Waals surface area contributed by atoms with Crippen LogP contribution in [0.1, 0.15) is 0 Å². The first kappa shape index (κ1) is 18.1. The SMILES string of the molecule is O=C(Nc1ccccc1)C(=O)Nc1cc(-c2cc3ccccc3s2)c2[nH]ncc2c1. The van der Waals surface area contributed by atoms with Crippen molar-refractivity contribution in [1.29, 1.82) is 0 Å². The first-order valence-electron chi connectivity index (χ1n) is 9.31. The molecule has 0 aliphatic carbocycles. The van der Waals surface area contributed by atoms with Gasteiger partial charge in [0.15, 0.2) is 0 Å². The highest BCUT2D eigenvalue weighted by Gasteiger charge is 2.17. The Morgan fingerprint density at radius 1 is 0.800 bits per heavy atom. The summed E-state index contributed by atoms with van der Waals surface area (Å²) in [4.78, 5) is 25.8. The third-order valence-electron chi connectivity index (χ3n) is 4.74. The molecule has 0 saturated carbocycles. The van der Waals surface area contributed by atoms with E-state index in [1.807, 2.05) is 24.3 Å². The number of nitrogens with zero attached hydrogens (tertiary/aromatic N) is 1. The smallest absolute Gasteiger partial charge is 0.314 e. The number of hydrogen-bond donors (Lipinski definition) is 3. The quantitative estimate of drug-likeness (QED) is 0.364. The van der Waals surface area contributed by atoms with Gasteiger partial charge in [0.05, 0.1) is 11.7 Å². The van der Waals surface area contributed by atoms with Crippen LogP contribution in [0.2, 0.25) is 0 Å². The number of fused-ring (bicyclic) bond motifs is 2. The maximum Gasteiger partial charge on any atom is 0.314 e. The van der Waals surface area contributed by atoms with Gasteiger partial charge in [0.1, 0.15) is 0 Å². The molecule has 0 bridgehead atoms. The van der Waals surface area contributed by atoms with E-state index in [1.165, 1.54) is 4.70 Å². The number of anilines is 2. The van der Waals surface area contributed by atoms with Gasteiger partial charge in [-0.25, -0.2) is 0 Å². The highest BCUT2D eigenvalue weighted by molar-refractivity contribution is 7.22. The molecule has 0 saturated heterocycles. The average Bonchev–Trinajstić information content (AvgIpc) is 3.40. The summed E-state index contributed by atoms with van der Waals surface area (Å²) in [6.07, 6.45) is 1.70. The molecule has 3 N–H and O–H groups in total. The fourth-order valence-corrected chi connectivity index (χ4v) is 4.42. The molecule has 6 nitrogen and oxygen atoms in total. The van der Waals surface area contributed by atoms with Crippen LogP contribution < -0.4 is 10.6 Å². The second-order valence-electron chi connectivity index (χ2n) is 6.78. The zero-order chi connectivity index (χ0) is 20.5. The number of rotatable bonds is 3. The van der Waals surface area contributed by atoms with Gasteiger partial charge in [-0.2, -0.15) is 5.10 Å². The molecule has 3 aromatic carbocycles. The number of H-pyrrole nitrogens is 1. The molecule has 0 unspecified atom stereocenters. The number of nitrogens with one attached hydrogen (secondary N) is 3. The van der Waals surface area contributed by atoms with Gasteiger partial charge in [-0.3, -0.25) is 14.7 Å². The van der Waals surface area contributed by atoms with Crippen molar-refractivity contribution < 1.29 is 9.59 Å². The Kier molecular flexibility index (Phi) is 4.49. The minimum Gasteiger partial charge on any atom is -0.318 e. The van der Waals surface area contributed by atoms with Crippen molar-refractivity contribution in [1.82, 2.24) is 10.2 Å². The van der Waals surface area contributed by atoms with Crippen LogP contribution in [0.15, 0.2) is 79.0 Å². The Morgan fingerprint density at radius 2 is 1.53 bits per heavy atom. The predicted molar refractivity (Wildman–Crippen MR) is 121 cm³/mol. The summed E-state index contributed by atoms with van der Waals surface area (Å²) in [5.41, 5.74) is 2.90. The Morgan fingerprint density at radius 3 is 2.33 bits per heavy atom. The zero-order valence-corrected chi connectivity index (χ0v) is 16.5. The van der Waals surface area contributed by atoms with Gasteiger partial charge in [-0.15, -0.1) is 11.3 Å². The van der Waals surface area contributed by atoms with E-state index in [1.54, 1.807) is 47.9 Å². The average molecular weight is 412 g/mol. The first-order chi connectivity index (χ1) is 14.7. The maximum absolute atomic E-state index is 12.4. The number of para-hydroxylation sites is 1. The van der Waals surface area contributed by atoms with Crippen molar-refractivity contribution >= 4 is 55.5 Å². The van der Waals surface area contributed by atoms with E-state index in [-0.39, 0.29) is 0 Å². The van der Waals surface area contributed by atoms with E-state index in [0.717, 1.165) is 26.7 Å². The molecule has 5 aromatic rings. The van der Waals surface area contributed by atoms with Gasteiger partial charge in [0.2, 0.25) is 0 Å². The largest absolute Gasteiger partial charge is 0.318 e. The van der Waals surface area contributed by atoms with Gasteiger partial charge in [-0.1, -0.05) is 36.4 Å². The number of hydrogen-bond acceptors (Lipinski definition) is 4. The van der Waals surface area contributed by atoms with Gasteiger partial charge in [0, 0.05) is 31.9 Å². The van der Waals surface area contributed by atoms with Crippen molar-refractivity contribution in [3.63, 3.8) is 0 Å². The lowest BCUT2D eigenvalue weighted by Crippen LogP contribution is -2.29. The Hall–Kier alpha value is -3.97. The van der Waals surface area contributed by atoms with E-state index < -0.39 is 11.8 Å². The summed E-state index contributed by atoms with van der Waals surface area (Å²) < 4.78 is 1.18. The lowest BCUT2D eigenvalue weighted by molar-refractivity contribution is -0.132. The number of aromatic amines is 1. The monoisotopic (exact) mass is 412 g/mol. The summed E-state index contributed by atoms with van der Waals surface area (Å²) in [5.74, 6) is -1.46. The molecule has 2 heterocycles. The van der Waals surface area contributed by atoms with Crippen LogP contribution in [0.5, 0.6) is 0 Å². The molecule has 0 aliphatic heterocycles. The maximum atomic E-state index is 12.4. The zero-order valence-electron chi connectivity index (χ0n) is 15.7. The van der Waals surface area contributed by atoms with E-state index >= 15 is 0 Å². The standard InChI is InChI=1S/C23H16N4O2S/c28-22(25-16-7-2-1-3-8-16)23(29)26-17-10-15-13-24-27-21(15)18(12-17)20-11-14-6-4-5-9-19(14)30-20/h1-13H,(H,24,27)(H,25,28)(H,26,29). The molecule has 146 valence electrons. The summed E-state index contributed by atoms with van der Waals surface area (Å²) in [6.45, 7) is 0. The second kappa shape index (κ2) is 7.46. The summed E-state index contributed by atoms with van der Waals surface area (Å²) in [6, 6.07) is 22.8. The number of amides is 2. The summed E-state index contributed by atoms with van der Waals surface area (Å²) in [5, 5.41) is 14.5. The van der Waals surface area contributed by atoms with Crippen LogP contribution in [-0.4, -0.2) is 22.0 Å². The molecule has 0 radical (unpaired) electrons. The van der Waals surface area contributed by atoms with Crippen molar-refractivity contribution in [2.75, 3.05) is 10.6 Å². The minimum absolute atomic E-state index is 0.532. The lowest BCUT2D eigenvalue weighted by Gasteiger charge is -2.09. The van der Waals surface area contributed by atoms with Crippen LogP contribution in [0.3, 0.4) is 0 Å². The van der Waals surface area contributed by atoms with Crippen molar-refractivity contribution in [3.8, 4) is 10.4 Å². The normalized spacial score (nSPS) is 10.9.